The minimum absolute atomic E-state index is 0.475. The number of aromatic nitrogens is 2. The van der Waals surface area contributed by atoms with Gasteiger partial charge in [-0.15, -0.1) is 0 Å². The van der Waals surface area contributed by atoms with Crippen LogP contribution in [-0.4, -0.2) is 33.6 Å². The van der Waals surface area contributed by atoms with Crippen molar-refractivity contribution in [3.8, 4) is 22.8 Å². The summed E-state index contributed by atoms with van der Waals surface area (Å²) in [6.45, 7) is 7.76. The van der Waals surface area contributed by atoms with Crippen molar-refractivity contribution in [3.63, 3.8) is 0 Å². The maximum Gasteiger partial charge on any atom is 0.416 e. The molecule has 0 aliphatic carbocycles. The van der Waals surface area contributed by atoms with Crippen LogP contribution in [-0.2, 0) is 31.1 Å². The first-order chi connectivity index (χ1) is 19.7. The summed E-state index contributed by atoms with van der Waals surface area (Å²) in [7, 11) is 3.40. The average Bonchev–Trinajstić information content (AvgIpc) is 3.32. The third-order valence-electron chi connectivity index (χ3n) is 6.99. The van der Waals surface area contributed by atoms with E-state index < -0.39 is 23.3 Å². The Morgan fingerprint density at radius 2 is 1.50 bits per heavy atom. The van der Waals surface area contributed by atoms with Crippen LogP contribution in [0.2, 0.25) is 0 Å². The quantitative estimate of drug-likeness (QED) is 0.214. The van der Waals surface area contributed by atoms with E-state index >= 15 is 0 Å². The lowest BCUT2D eigenvalue weighted by atomic mass is 10.0. The molecule has 3 aromatic carbocycles. The molecule has 4 rings (SSSR count). The Kier molecular flexibility index (Phi) is 8.56. The molecular formula is C32H34F3N3O4. The van der Waals surface area contributed by atoms with Crippen molar-refractivity contribution in [2.75, 3.05) is 12.0 Å². The molecule has 0 spiro atoms. The fourth-order valence-corrected chi connectivity index (χ4v) is 4.71. The Morgan fingerprint density at radius 1 is 0.929 bits per heavy atom. The Hall–Kier alpha value is -4.47. The summed E-state index contributed by atoms with van der Waals surface area (Å²) in [6, 6.07) is 18.5. The number of benzene rings is 3. The summed E-state index contributed by atoms with van der Waals surface area (Å²) in [4.78, 5) is 13.8. The Morgan fingerprint density at radius 3 is 2.02 bits per heavy atom. The zero-order valence-electron chi connectivity index (χ0n) is 24.4. The number of hydrogen-bond acceptors (Lipinski definition) is 5. The first-order valence-electron chi connectivity index (χ1n) is 13.3. The van der Waals surface area contributed by atoms with Gasteiger partial charge in [-0.2, -0.15) is 18.3 Å². The van der Waals surface area contributed by atoms with Crippen molar-refractivity contribution < 1.29 is 32.5 Å². The first-order valence-corrected chi connectivity index (χ1v) is 13.3. The van der Waals surface area contributed by atoms with E-state index in [0.717, 1.165) is 46.0 Å². The van der Waals surface area contributed by atoms with E-state index in [1.165, 1.54) is 26.0 Å². The highest BCUT2D eigenvalue weighted by atomic mass is 19.4. The summed E-state index contributed by atoms with van der Waals surface area (Å²) in [6.07, 6.45) is -4.41. The predicted octanol–water partition coefficient (Wildman–Crippen LogP) is 7.18. The van der Waals surface area contributed by atoms with E-state index in [1.807, 2.05) is 56.3 Å². The number of halogens is 3. The number of carboxylic acids is 1. The second-order valence-electron chi connectivity index (χ2n) is 10.8. The summed E-state index contributed by atoms with van der Waals surface area (Å²) < 4.78 is 52.1. The standard InChI is InChI=1S/C32H34F3N3O4/c1-20-15-23(16-21(2)29(20)42-31(3,4)30(39)40)19-38(18-22-7-13-26(41-6)14-8-22)28-17-27(36-37(28)5)24-9-11-25(12-10-24)32(33,34)35/h7-17H,18-19H2,1-6H3,(H,39,40). The molecule has 1 N–H and O–H groups in total. The van der Waals surface area contributed by atoms with Gasteiger partial charge in [-0.05, 0) is 74.2 Å². The van der Waals surface area contributed by atoms with Crippen molar-refractivity contribution in [1.29, 1.82) is 0 Å². The van der Waals surface area contributed by atoms with E-state index in [4.69, 9.17) is 9.47 Å². The van der Waals surface area contributed by atoms with Crippen molar-refractivity contribution in [3.05, 3.63) is 94.5 Å². The molecular weight excluding hydrogens is 547 g/mol. The molecule has 0 fully saturated rings. The zero-order chi connectivity index (χ0) is 30.8. The van der Waals surface area contributed by atoms with Gasteiger partial charge < -0.3 is 19.5 Å². The van der Waals surface area contributed by atoms with E-state index in [2.05, 4.69) is 10.00 Å². The number of carboxylic acid groups (broad SMARTS) is 1. The van der Waals surface area contributed by atoms with Gasteiger partial charge in [-0.1, -0.05) is 36.4 Å². The van der Waals surface area contributed by atoms with Crippen molar-refractivity contribution in [2.45, 2.75) is 52.6 Å². The summed E-state index contributed by atoms with van der Waals surface area (Å²) in [5.74, 6) is 0.971. The molecule has 10 heteroatoms. The number of rotatable bonds is 10. The normalized spacial score (nSPS) is 11.8. The first kappa shape index (κ1) is 30.5. The number of alkyl halides is 3. The number of aryl methyl sites for hydroxylation is 3. The predicted molar refractivity (Wildman–Crippen MR) is 155 cm³/mol. The van der Waals surface area contributed by atoms with Gasteiger partial charge in [0.15, 0.2) is 5.60 Å². The number of hydrogen-bond donors (Lipinski definition) is 1. The highest BCUT2D eigenvalue weighted by Gasteiger charge is 2.31. The van der Waals surface area contributed by atoms with Gasteiger partial charge in [0, 0.05) is 31.8 Å². The number of ether oxygens (including phenoxy) is 2. The van der Waals surface area contributed by atoms with Crippen LogP contribution in [0.4, 0.5) is 19.0 Å². The van der Waals surface area contributed by atoms with Crippen LogP contribution in [0.15, 0.2) is 66.7 Å². The molecule has 1 heterocycles. The third-order valence-corrected chi connectivity index (χ3v) is 6.99. The molecule has 1 aromatic heterocycles. The van der Waals surface area contributed by atoms with Gasteiger partial charge in [0.25, 0.3) is 0 Å². The van der Waals surface area contributed by atoms with Crippen LogP contribution in [0, 0.1) is 13.8 Å². The maximum absolute atomic E-state index is 13.1. The minimum Gasteiger partial charge on any atom is -0.497 e. The SMILES string of the molecule is COc1ccc(CN(Cc2cc(C)c(OC(C)(C)C(=O)O)c(C)c2)c2cc(-c3ccc(C(F)(F)F)cc3)nn2C)cc1. The van der Waals surface area contributed by atoms with Crippen molar-refractivity contribution >= 4 is 11.8 Å². The molecule has 7 nitrogen and oxygen atoms in total. The largest absolute Gasteiger partial charge is 0.497 e. The molecule has 4 aromatic rings. The molecule has 0 aliphatic rings. The molecule has 0 saturated carbocycles. The monoisotopic (exact) mass is 581 g/mol. The number of aliphatic carboxylic acids is 1. The van der Waals surface area contributed by atoms with Gasteiger partial charge in [-0.25, -0.2) is 4.79 Å². The number of nitrogens with zero attached hydrogens (tertiary/aromatic N) is 3. The van der Waals surface area contributed by atoms with Crippen LogP contribution in [0.3, 0.4) is 0 Å². The molecule has 0 saturated heterocycles. The molecule has 0 aliphatic heterocycles. The fourth-order valence-electron chi connectivity index (χ4n) is 4.71. The Balaban J connectivity index is 1.69. The molecule has 0 bridgehead atoms. The van der Waals surface area contributed by atoms with E-state index in [0.29, 0.717) is 30.1 Å². The zero-order valence-corrected chi connectivity index (χ0v) is 24.4. The molecule has 0 atom stereocenters. The highest BCUT2D eigenvalue weighted by Crippen LogP contribution is 2.33. The third kappa shape index (κ3) is 6.87. The second kappa shape index (κ2) is 11.8. The summed E-state index contributed by atoms with van der Waals surface area (Å²) in [5.41, 5.74) is 2.62. The maximum atomic E-state index is 13.1. The van der Waals surface area contributed by atoms with Gasteiger partial charge >= 0.3 is 12.1 Å². The number of methoxy groups -OCH3 is 1. The molecule has 0 unspecified atom stereocenters. The molecule has 0 radical (unpaired) electrons. The highest BCUT2D eigenvalue weighted by molar-refractivity contribution is 5.77. The van der Waals surface area contributed by atoms with E-state index in [-0.39, 0.29) is 0 Å². The van der Waals surface area contributed by atoms with Gasteiger partial charge in [0.1, 0.15) is 17.3 Å². The van der Waals surface area contributed by atoms with E-state index in [9.17, 15) is 23.1 Å². The lowest BCUT2D eigenvalue weighted by molar-refractivity contribution is -0.152. The average molecular weight is 582 g/mol. The Labute approximate surface area is 243 Å². The van der Waals surface area contributed by atoms with Crippen molar-refractivity contribution in [2.24, 2.45) is 7.05 Å². The van der Waals surface area contributed by atoms with Crippen LogP contribution in [0.1, 0.15) is 41.7 Å². The second-order valence-corrected chi connectivity index (χ2v) is 10.8. The summed E-state index contributed by atoms with van der Waals surface area (Å²) >= 11 is 0. The van der Waals surface area contributed by atoms with Gasteiger partial charge in [0.05, 0.1) is 18.4 Å². The molecule has 222 valence electrons. The summed E-state index contributed by atoms with van der Waals surface area (Å²) in [5, 5.41) is 14.1. The number of anilines is 1. The van der Waals surface area contributed by atoms with Crippen LogP contribution in [0.25, 0.3) is 11.3 Å². The van der Waals surface area contributed by atoms with E-state index in [1.54, 1.807) is 18.8 Å². The van der Waals surface area contributed by atoms with Crippen molar-refractivity contribution in [1.82, 2.24) is 9.78 Å². The Bertz CT molecular complexity index is 1540. The van der Waals surface area contributed by atoms with Gasteiger partial charge in [0.2, 0.25) is 0 Å². The lowest BCUT2D eigenvalue weighted by Crippen LogP contribution is -2.38. The minimum atomic E-state index is -4.41. The molecule has 42 heavy (non-hydrogen) atoms. The van der Waals surface area contributed by atoms with Gasteiger partial charge in [-0.3, -0.25) is 4.68 Å². The molecule has 0 amide bonds. The lowest BCUT2D eigenvalue weighted by Gasteiger charge is -2.27. The number of carbonyl (C=O) groups is 1. The van der Waals surface area contributed by atoms with Crippen LogP contribution in [0.5, 0.6) is 11.5 Å². The van der Waals surface area contributed by atoms with Crippen LogP contribution >= 0.6 is 0 Å². The smallest absolute Gasteiger partial charge is 0.416 e. The fraction of sp³-hybridized carbons (Fsp3) is 0.312. The van der Waals surface area contributed by atoms with Crippen LogP contribution < -0.4 is 14.4 Å². The topological polar surface area (TPSA) is 76.8 Å².